The molecule has 0 atom stereocenters. The van der Waals surface area contributed by atoms with Crippen molar-refractivity contribution in [3.05, 3.63) is 96.9 Å². The molecule has 3 nitrogen and oxygen atoms in total. The topological polar surface area (TPSA) is 29.3 Å². The van der Waals surface area contributed by atoms with Gasteiger partial charge in [-0.3, -0.25) is 0 Å². The van der Waals surface area contributed by atoms with E-state index in [9.17, 15) is 4.39 Å². The lowest BCUT2D eigenvalue weighted by atomic mass is 10.1. The highest BCUT2D eigenvalue weighted by molar-refractivity contribution is 14.0. The summed E-state index contributed by atoms with van der Waals surface area (Å²) >= 11 is 0. The van der Waals surface area contributed by atoms with Gasteiger partial charge in [-0.2, -0.15) is 4.98 Å². The molecule has 0 spiro atoms. The van der Waals surface area contributed by atoms with Gasteiger partial charge in [-0.15, -0.1) is 24.0 Å². The lowest BCUT2D eigenvalue weighted by molar-refractivity contribution is 0.376. The van der Waals surface area contributed by atoms with Crippen molar-refractivity contribution in [2.75, 3.05) is 18.0 Å². The molecule has 1 fully saturated rings. The summed E-state index contributed by atoms with van der Waals surface area (Å²) in [6.07, 6.45) is 3.43. The second-order valence-corrected chi connectivity index (χ2v) is 11.4. The molecule has 0 N–H and O–H groups in total. The first-order valence-electron chi connectivity index (χ1n) is 11.2. The summed E-state index contributed by atoms with van der Waals surface area (Å²) < 4.78 is 20.1. The van der Waals surface area contributed by atoms with Crippen molar-refractivity contribution >= 4 is 58.5 Å². The first-order chi connectivity index (χ1) is 15.8. The second-order valence-electron chi connectivity index (χ2n) is 8.10. The smallest absolute Gasteiger partial charge is 0.261 e. The van der Waals surface area contributed by atoms with Crippen molar-refractivity contribution in [3.63, 3.8) is 0 Å². The van der Waals surface area contributed by atoms with Gasteiger partial charge in [0.2, 0.25) is 5.89 Å². The molecule has 6 heteroatoms. The summed E-state index contributed by atoms with van der Waals surface area (Å²) in [5, 5.41) is 3.57. The number of nitrogens with zero attached hydrogens (tertiary/aromatic N) is 2. The van der Waals surface area contributed by atoms with Crippen LogP contribution in [0.25, 0.3) is 0 Å². The van der Waals surface area contributed by atoms with E-state index in [1.54, 1.807) is 0 Å². The van der Waals surface area contributed by atoms with Crippen molar-refractivity contribution in [2.45, 2.75) is 25.9 Å². The summed E-state index contributed by atoms with van der Waals surface area (Å²) in [7, 11) is -2.42. The molecular formula is C27H28FIN2OP+. The molecule has 2 heterocycles. The van der Waals surface area contributed by atoms with Crippen molar-refractivity contribution in [1.82, 2.24) is 4.98 Å². The third-order valence-electron chi connectivity index (χ3n) is 6.14. The highest BCUT2D eigenvalue weighted by Gasteiger charge is 2.53. The maximum absolute atomic E-state index is 13.9. The van der Waals surface area contributed by atoms with E-state index in [-0.39, 0.29) is 29.9 Å². The fourth-order valence-electron chi connectivity index (χ4n) is 4.69. The van der Waals surface area contributed by atoms with E-state index in [0.29, 0.717) is 0 Å². The number of hydrogen-bond acceptors (Lipinski definition) is 3. The second kappa shape index (κ2) is 10.8. The standard InChI is InChI=1S/C27H27FN2OP.HI/c28-21-25-29-26(27(31-25)30-19-11-4-12-20-30)32(22-13-5-1-6-14-22,23-15-7-2-8-16-23)24-17-9-3-10-18-24;/h1-3,5-10,13-18H,4,11-12,19-21H2;1H/q+1;. The number of hydrogen-bond donors (Lipinski definition) is 0. The van der Waals surface area contributed by atoms with Crippen LogP contribution in [0, 0.1) is 0 Å². The molecule has 1 aliphatic rings. The normalized spacial score (nSPS) is 14.0. The number of piperidine rings is 1. The van der Waals surface area contributed by atoms with Crippen LogP contribution >= 0.6 is 31.2 Å². The Kier molecular flexibility index (Phi) is 7.82. The van der Waals surface area contributed by atoms with Gasteiger partial charge >= 0.3 is 0 Å². The van der Waals surface area contributed by atoms with Crippen molar-refractivity contribution in [3.8, 4) is 0 Å². The Morgan fingerprint density at radius 3 is 1.61 bits per heavy atom. The molecule has 0 aliphatic carbocycles. The van der Waals surface area contributed by atoms with Crippen LogP contribution in [0.5, 0.6) is 0 Å². The zero-order chi connectivity index (χ0) is 21.8. The molecule has 3 aromatic carbocycles. The lowest BCUT2D eigenvalue weighted by Crippen LogP contribution is -2.42. The van der Waals surface area contributed by atoms with Crippen LogP contribution in [0.3, 0.4) is 0 Å². The zero-order valence-corrected chi connectivity index (χ0v) is 21.7. The van der Waals surface area contributed by atoms with E-state index in [2.05, 4.69) is 77.7 Å². The Morgan fingerprint density at radius 1 is 0.727 bits per heavy atom. The molecule has 1 saturated heterocycles. The average Bonchev–Trinajstić information content (AvgIpc) is 3.32. The van der Waals surface area contributed by atoms with E-state index in [4.69, 9.17) is 9.40 Å². The molecule has 0 unspecified atom stereocenters. The summed E-state index contributed by atoms with van der Waals surface area (Å²) in [4.78, 5) is 7.14. The number of benzene rings is 3. The van der Waals surface area contributed by atoms with Gasteiger partial charge in [-0.1, -0.05) is 54.6 Å². The van der Waals surface area contributed by atoms with Crippen LogP contribution in [0.2, 0.25) is 0 Å². The van der Waals surface area contributed by atoms with Gasteiger partial charge in [-0.25, -0.2) is 4.39 Å². The Balaban J connectivity index is 0.00000259. The molecular weight excluding hydrogens is 545 g/mol. The first-order valence-corrected chi connectivity index (χ1v) is 13.0. The molecule has 0 bridgehead atoms. The van der Waals surface area contributed by atoms with Crippen LogP contribution in [-0.2, 0) is 6.67 Å². The molecule has 1 aromatic heterocycles. The molecule has 5 rings (SSSR count). The predicted molar refractivity (Wildman–Crippen MR) is 148 cm³/mol. The number of oxazole rings is 1. The summed E-state index contributed by atoms with van der Waals surface area (Å²) in [6.45, 7) is 1.11. The van der Waals surface area contributed by atoms with Crippen molar-refractivity contribution in [1.29, 1.82) is 0 Å². The van der Waals surface area contributed by atoms with Gasteiger partial charge in [-0.05, 0) is 55.7 Å². The minimum absolute atomic E-state index is 0. The SMILES string of the molecule is FCc1nc([P+](c2ccccc2)(c2ccccc2)c2ccccc2)c(N2CCCCC2)o1.I. The molecule has 0 radical (unpaired) electrons. The van der Waals surface area contributed by atoms with Crippen molar-refractivity contribution < 1.29 is 8.81 Å². The maximum atomic E-state index is 13.9. The van der Waals surface area contributed by atoms with Gasteiger partial charge in [0.05, 0.1) is 0 Å². The third kappa shape index (κ3) is 4.45. The monoisotopic (exact) mass is 573 g/mol. The number of halogens is 2. The quantitative estimate of drug-likeness (QED) is 0.230. The number of aromatic nitrogens is 1. The van der Waals surface area contributed by atoms with Crippen molar-refractivity contribution in [2.24, 2.45) is 0 Å². The minimum Gasteiger partial charge on any atom is -0.418 e. The van der Waals surface area contributed by atoms with E-state index in [1.807, 2.05) is 18.2 Å². The zero-order valence-electron chi connectivity index (χ0n) is 18.4. The van der Waals surface area contributed by atoms with Crippen LogP contribution in [0.4, 0.5) is 10.3 Å². The maximum Gasteiger partial charge on any atom is 0.261 e. The molecule has 1 aliphatic heterocycles. The summed E-state index contributed by atoms with van der Waals surface area (Å²) in [5.74, 6) is 0.898. The van der Waals surface area contributed by atoms with E-state index >= 15 is 0 Å². The molecule has 0 amide bonds. The molecule has 0 saturated carbocycles. The lowest BCUT2D eigenvalue weighted by Gasteiger charge is -2.30. The Hall–Kier alpha value is -2.24. The minimum atomic E-state index is -2.42. The van der Waals surface area contributed by atoms with Gasteiger partial charge in [0.25, 0.3) is 11.3 Å². The Morgan fingerprint density at radius 2 is 1.18 bits per heavy atom. The fraction of sp³-hybridized carbons (Fsp3) is 0.222. The Bertz CT molecular complexity index is 1050. The summed E-state index contributed by atoms with van der Waals surface area (Å²) in [6, 6.07) is 31.6. The highest BCUT2D eigenvalue weighted by Crippen LogP contribution is 2.56. The first kappa shape index (κ1) is 23.9. The average molecular weight is 573 g/mol. The van der Waals surface area contributed by atoms with E-state index in [1.165, 1.54) is 22.3 Å². The van der Waals surface area contributed by atoms with Crippen LogP contribution in [-0.4, -0.2) is 18.1 Å². The number of rotatable bonds is 6. The molecule has 4 aromatic rings. The van der Waals surface area contributed by atoms with Crippen LogP contribution in [0.1, 0.15) is 25.2 Å². The van der Waals surface area contributed by atoms with Gasteiger partial charge in [0.1, 0.15) is 15.9 Å². The fourth-order valence-corrected chi connectivity index (χ4v) is 8.92. The van der Waals surface area contributed by atoms with E-state index < -0.39 is 13.9 Å². The van der Waals surface area contributed by atoms with Crippen LogP contribution in [0.15, 0.2) is 95.4 Å². The predicted octanol–water partition coefficient (Wildman–Crippen LogP) is 5.37. The number of alkyl halides is 1. The molecule has 170 valence electrons. The summed E-state index contributed by atoms with van der Waals surface area (Å²) in [5.41, 5.74) is 0.871. The van der Waals surface area contributed by atoms with Crippen LogP contribution < -0.4 is 26.2 Å². The molecule has 33 heavy (non-hydrogen) atoms. The van der Waals surface area contributed by atoms with Gasteiger partial charge < -0.3 is 9.32 Å². The van der Waals surface area contributed by atoms with Gasteiger partial charge in [0.15, 0.2) is 13.9 Å². The highest BCUT2D eigenvalue weighted by atomic mass is 127. The third-order valence-corrected chi connectivity index (χ3v) is 10.3. The Labute approximate surface area is 212 Å². The van der Waals surface area contributed by atoms with E-state index in [0.717, 1.165) is 37.3 Å². The number of anilines is 1. The van der Waals surface area contributed by atoms with Gasteiger partial charge in [0, 0.05) is 13.1 Å². The largest absolute Gasteiger partial charge is 0.418 e.